The van der Waals surface area contributed by atoms with Gasteiger partial charge in [-0.25, -0.2) is 9.97 Å². The molecule has 0 bridgehead atoms. The Morgan fingerprint density at radius 2 is 2.04 bits per heavy atom. The third-order valence-corrected chi connectivity index (χ3v) is 5.37. The van der Waals surface area contributed by atoms with E-state index < -0.39 is 0 Å². The van der Waals surface area contributed by atoms with Crippen molar-refractivity contribution in [2.45, 2.75) is 24.3 Å². The van der Waals surface area contributed by atoms with E-state index in [0.717, 1.165) is 15.9 Å². The first-order chi connectivity index (χ1) is 11.6. The molecule has 0 aliphatic rings. The summed E-state index contributed by atoms with van der Waals surface area (Å²) >= 11 is 2.85. The van der Waals surface area contributed by atoms with Crippen LogP contribution in [0.25, 0.3) is 10.2 Å². The molecule has 1 atom stereocenters. The van der Waals surface area contributed by atoms with E-state index in [1.165, 1.54) is 23.1 Å². The maximum atomic E-state index is 12.8. The number of fused-ring (bicyclic) bond motifs is 1. The normalized spacial score (nSPS) is 12.2. The molecule has 0 radical (unpaired) electrons. The average molecular weight is 358 g/mol. The number of nitrogens with two attached hydrogens (primary N) is 1. The van der Waals surface area contributed by atoms with Crippen LogP contribution in [0, 0.1) is 0 Å². The lowest BCUT2D eigenvalue weighted by Gasteiger charge is -2.24. The summed E-state index contributed by atoms with van der Waals surface area (Å²) < 4.78 is 0. The van der Waals surface area contributed by atoms with Gasteiger partial charge in [-0.2, -0.15) is 0 Å². The minimum absolute atomic E-state index is 0.0298. The van der Waals surface area contributed by atoms with Gasteiger partial charge in [-0.1, -0.05) is 30.0 Å². The number of thiophene rings is 1. The molecule has 3 aromatic rings. The van der Waals surface area contributed by atoms with Gasteiger partial charge in [-0.3, -0.25) is 4.79 Å². The quantitative estimate of drug-likeness (QED) is 0.555. The maximum Gasteiger partial charge on any atom is 0.240 e. The first kappa shape index (κ1) is 16.7. The van der Waals surface area contributed by atoms with Crippen LogP contribution in [-0.4, -0.2) is 27.7 Å². The molecule has 0 saturated carbocycles. The molecule has 0 saturated heterocycles. The first-order valence-electron chi connectivity index (χ1n) is 7.64. The molecule has 0 aliphatic heterocycles. The Kier molecular flexibility index (Phi) is 5.01. The standard InChI is InChI=1S/C17H18N4OS2/c1-3-21(12-7-5-4-6-8-12)16(22)11(2)24-17-19-14(18)13-9-10-23-15(13)20-17/h4-11H,3H2,1-2H3,(H2,18,19,20)/t11-/m1/s1. The largest absolute Gasteiger partial charge is 0.383 e. The number of para-hydroxylation sites is 1. The number of aromatic nitrogens is 2. The number of amides is 1. The highest BCUT2D eigenvalue weighted by Gasteiger charge is 2.23. The van der Waals surface area contributed by atoms with E-state index in [0.29, 0.717) is 17.5 Å². The lowest BCUT2D eigenvalue weighted by atomic mass is 10.2. The Hall–Kier alpha value is -2.12. The van der Waals surface area contributed by atoms with Crippen LogP contribution in [0.1, 0.15) is 13.8 Å². The van der Waals surface area contributed by atoms with E-state index >= 15 is 0 Å². The van der Waals surface area contributed by atoms with Crippen molar-refractivity contribution in [3.05, 3.63) is 41.8 Å². The number of nitrogens with zero attached hydrogens (tertiary/aromatic N) is 3. The van der Waals surface area contributed by atoms with Crippen LogP contribution in [0.4, 0.5) is 11.5 Å². The molecule has 0 spiro atoms. The van der Waals surface area contributed by atoms with Gasteiger partial charge in [0.05, 0.1) is 10.6 Å². The molecule has 0 fully saturated rings. The summed E-state index contributed by atoms with van der Waals surface area (Å²) in [5.41, 5.74) is 6.87. The third kappa shape index (κ3) is 3.37. The van der Waals surface area contributed by atoms with Crippen molar-refractivity contribution in [1.82, 2.24) is 9.97 Å². The van der Waals surface area contributed by atoms with Crippen molar-refractivity contribution < 1.29 is 4.79 Å². The monoisotopic (exact) mass is 358 g/mol. The van der Waals surface area contributed by atoms with Crippen LogP contribution in [0.5, 0.6) is 0 Å². The van der Waals surface area contributed by atoms with E-state index in [-0.39, 0.29) is 11.2 Å². The number of carbonyl (C=O) groups excluding carboxylic acids is 1. The number of thioether (sulfide) groups is 1. The number of carbonyl (C=O) groups is 1. The Bertz CT molecular complexity index is 850. The fourth-order valence-electron chi connectivity index (χ4n) is 2.41. The van der Waals surface area contributed by atoms with Crippen molar-refractivity contribution in [3.8, 4) is 0 Å². The number of rotatable bonds is 5. The summed E-state index contributed by atoms with van der Waals surface area (Å²) in [5, 5.41) is 3.03. The second kappa shape index (κ2) is 7.19. The molecule has 0 unspecified atom stereocenters. The molecule has 7 heteroatoms. The smallest absolute Gasteiger partial charge is 0.240 e. The third-order valence-electron chi connectivity index (χ3n) is 3.61. The van der Waals surface area contributed by atoms with Crippen molar-refractivity contribution >= 4 is 50.7 Å². The lowest BCUT2D eigenvalue weighted by molar-refractivity contribution is -0.117. The van der Waals surface area contributed by atoms with Gasteiger partial charge < -0.3 is 10.6 Å². The molecule has 5 nitrogen and oxygen atoms in total. The lowest BCUT2D eigenvalue weighted by Crippen LogP contribution is -2.36. The van der Waals surface area contributed by atoms with Gasteiger partial charge in [0.25, 0.3) is 0 Å². The molecule has 2 N–H and O–H groups in total. The summed E-state index contributed by atoms with van der Waals surface area (Å²) in [6, 6.07) is 11.6. The Balaban J connectivity index is 1.79. The molecular weight excluding hydrogens is 340 g/mol. The number of anilines is 2. The van der Waals surface area contributed by atoms with Crippen molar-refractivity contribution in [2.24, 2.45) is 0 Å². The van der Waals surface area contributed by atoms with Crippen LogP contribution < -0.4 is 10.6 Å². The minimum Gasteiger partial charge on any atom is -0.383 e. The number of benzene rings is 1. The zero-order valence-electron chi connectivity index (χ0n) is 13.5. The molecule has 3 rings (SSSR count). The predicted octanol–water partition coefficient (Wildman–Crippen LogP) is 3.81. The van der Waals surface area contributed by atoms with Crippen LogP contribution in [0.15, 0.2) is 46.9 Å². The molecular formula is C17H18N4OS2. The predicted molar refractivity (Wildman–Crippen MR) is 102 cm³/mol. The van der Waals surface area contributed by atoms with Crippen molar-refractivity contribution in [1.29, 1.82) is 0 Å². The topological polar surface area (TPSA) is 72.1 Å². The van der Waals surface area contributed by atoms with Gasteiger partial charge >= 0.3 is 0 Å². The fourth-order valence-corrected chi connectivity index (χ4v) is 4.08. The zero-order chi connectivity index (χ0) is 17.1. The molecule has 124 valence electrons. The number of hydrogen-bond acceptors (Lipinski definition) is 6. The van der Waals surface area contributed by atoms with Gasteiger partial charge in [0.15, 0.2) is 5.16 Å². The Morgan fingerprint density at radius 3 is 2.75 bits per heavy atom. The summed E-state index contributed by atoms with van der Waals surface area (Å²) in [7, 11) is 0. The van der Waals surface area contributed by atoms with Crippen LogP contribution in [0.3, 0.4) is 0 Å². The second-order valence-electron chi connectivity index (χ2n) is 5.21. The van der Waals surface area contributed by atoms with Crippen LogP contribution in [0.2, 0.25) is 0 Å². The Labute approximate surface area is 148 Å². The summed E-state index contributed by atoms with van der Waals surface area (Å²) in [6.07, 6.45) is 0. The van der Waals surface area contributed by atoms with E-state index in [2.05, 4.69) is 9.97 Å². The second-order valence-corrected chi connectivity index (χ2v) is 7.41. The molecule has 0 aliphatic carbocycles. The summed E-state index contributed by atoms with van der Waals surface area (Å²) in [4.78, 5) is 24.2. The minimum atomic E-state index is -0.304. The van der Waals surface area contributed by atoms with Gasteiger partial charge in [0.2, 0.25) is 5.91 Å². The maximum absolute atomic E-state index is 12.8. The van der Waals surface area contributed by atoms with E-state index in [9.17, 15) is 4.79 Å². The molecule has 1 aromatic carbocycles. The van der Waals surface area contributed by atoms with Crippen molar-refractivity contribution in [2.75, 3.05) is 17.2 Å². The summed E-state index contributed by atoms with van der Waals surface area (Å²) in [6.45, 7) is 4.45. The van der Waals surface area contributed by atoms with E-state index in [4.69, 9.17) is 5.73 Å². The summed E-state index contributed by atoms with van der Waals surface area (Å²) in [5.74, 6) is 0.487. The number of nitrogen functional groups attached to an aromatic ring is 1. The molecule has 1 amide bonds. The van der Waals surface area contributed by atoms with Gasteiger partial charge in [-0.15, -0.1) is 11.3 Å². The Morgan fingerprint density at radius 1 is 1.29 bits per heavy atom. The highest BCUT2D eigenvalue weighted by atomic mass is 32.2. The van der Waals surface area contributed by atoms with Gasteiger partial charge in [0, 0.05) is 12.2 Å². The average Bonchev–Trinajstić information content (AvgIpc) is 3.05. The number of hydrogen-bond donors (Lipinski definition) is 1. The molecule has 2 aromatic heterocycles. The molecule has 2 heterocycles. The first-order valence-corrected chi connectivity index (χ1v) is 9.40. The van der Waals surface area contributed by atoms with E-state index in [1.807, 2.05) is 55.6 Å². The molecule has 24 heavy (non-hydrogen) atoms. The highest BCUT2D eigenvalue weighted by Crippen LogP contribution is 2.29. The SMILES string of the molecule is CCN(C(=O)[C@@H](C)Sc1nc(N)c2ccsc2n1)c1ccccc1. The zero-order valence-corrected chi connectivity index (χ0v) is 15.1. The van der Waals surface area contributed by atoms with E-state index in [1.54, 1.807) is 4.90 Å². The van der Waals surface area contributed by atoms with Crippen LogP contribution >= 0.6 is 23.1 Å². The van der Waals surface area contributed by atoms with Gasteiger partial charge in [0.1, 0.15) is 10.6 Å². The fraction of sp³-hybridized carbons (Fsp3) is 0.235. The van der Waals surface area contributed by atoms with Gasteiger partial charge in [-0.05, 0) is 37.4 Å². The van der Waals surface area contributed by atoms with Crippen molar-refractivity contribution in [3.63, 3.8) is 0 Å². The van der Waals surface area contributed by atoms with Crippen LogP contribution in [-0.2, 0) is 4.79 Å². The highest BCUT2D eigenvalue weighted by molar-refractivity contribution is 8.00.